The quantitative estimate of drug-likeness (QED) is 0.630. The van der Waals surface area contributed by atoms with Crippen LogP contribution in [-0.4, -0.2) is 72.4 Å². The maximum absolute atomic E-state index is 12.6. The molecule has 1 saturated heterocycles. The first-order valence-corrected chi connectivity index (χ1v) is 12.4. The molecule has 1 atom stereocenters. The average molecular weight is 482 g/mol. The number of likely N-dealkylation sites (tertiary alicyclic amines) is 1. The predicted molar refractivity (Wildman–Crippen MR) is 129 cm³/mol. The zero-order valence-electron chi connectivity index (χ0n) is 19.0. The van der Waals surface area contributed by atoms with Crippen molar-refractivity contribution in [1.82, 2.24) is 4.90 Å². The number of aliphatic hydroxyl groups excluding tert-OH is 1. The van der Waals surface area contributed by atoms with Crippen molar-refractivity contribution in [2.45, 2.75) is 24.5 Å². The Labute approximate surface area is 202 Å². The number of methoxy groups -OCH3 is 1. The van der Waals surface area contributed by atoms with Crippen LogP contribution >= 0.6 is 11.8 Å². The molecule has 2 aliphatic heterocycles. The number of carbonyl (C=O) groups excluding carboxylic acids is 2. The van der Waals surface area contributed by atoms with Crippen LogP contribution < -0.4 is 9.47 Å². The van der Waals surface area contributed by atoms with Crippen LogP contribution in [0.1, 0.15) is 28.8 Å². The van der Waals surface area contributed by atoms with Gasteiger partial charge in [0.1, 0.15) is 40.5 Å². The Kier molecular flexibility index (Phi) is 6.38. The van der Waals surface area contributed by atoms with Crippen molar-refractivity contribution in [2.75, 3.05) is 39.1 Å². The third-order valence-electron chi connectivity index (χ3n) is 6.57. The number of rotatable bonds is 6. The van der Waals surface area contributed by atoms with Crippen LogP contribution in [0.5, 0.6) is 11.5 Å². The largest absolute Gasteiger partial charge is 0.497 e. The van der Waals surface area contributed by atoms with Crippen LogP contribution in [0.25, 0.3) is 5.76 Å². The van der Waals surface area contributed by atoms with Crippen LogP contribution in [0.3, 0.4) is 0 Å². The fourth-order valence-electron chi connectivity index (χ4n) is 4.62. The van der Waals surface area contributed by atoms with E-state index < -0.39 is 17.7 Å². The van der Waals surface area contributed by atoms with Gasteiger partial charge in [-0.1, -0.05) is 24.3 Å². The van der Waals surface area contributed by atoms with E-state index in [2.05, 4.69) is 4.90 Å². The number of carbonyl (C=O) groups is 2. The summed E-state index contributed by atoms with van der Waals surface area (Å²) >= 11 is 1.44. The summed E-state index contributed by atoms with van der Waals surface area (Å²) in [6.45, 7) is 2.28. The van der Waals surface area contributed by atoms with Gasteiger partial charge in [-0.3, -0.25) is 9.59 Å². The first-order valence-electron chi connectivity index (χ1n) is 11.4. The number of Topliss-reactive ketones (excluding diaryl/α,β-unsaturated/α-hetero) is 2. The van der Waals surface area contributed by atoms with E-state index in [4.69, 9.17) is 14.2 Å². The molecule has 34 heavy (non-hydrogen) atoms. The number of hydrogen-bond donors (Lipinski definition) is 1. The van der Waals surface area contributed by atoms with Gasteiger partial charge in [0.05, 0.1) is 7.11 Å². The molecule has 2 aromatic carbocycles. The highest BCUT2D eigenvalue weighted by atomic mass is 32.2. The van der Waals surface area contributed by atoms with E-state index in [1.165, 1.54) is 11.8 Å². The van der Waals surface area contributed by atoms with Crippen LogP contribution in [0.2, 0.25) is 0 Å². The molecule has 1 unspecified atom stereocenters. The van der Waals surface area contributed by atoms with E-state index >= 15 is 0 Å². The summed E-state index contributed by atoms with van der Waals surface area (Å²) in [7, 11) is 1.61. The Morgan fingerprint density at radius 2 is 1.71 bits per heavy atom. The number of benzene rings is 2. The van der Waals surface area contributed by atoms with E-state index in [1.807, 2.05) is 36.4 Å². The molecule has 1 spiro atoms. The molecule has 7 nitrogen and oxygen atoms in total. The highest BCUT2D eigenvalue weighted by Gasteiger charge is 2.46. The number of piperidine rings is 1. The maximum Gasteiger partial charge on any atom is 0.243 e. The van der Waals surface area contributed by atoms with Gasteiger partial charge >= 0.3 is 0 Å². The molecule has 0 saturated carbocycles. The van der Waals surface area contributed by atoms with Crippen molar-refractivity contribution in [1.29, 1.82) is 0 Å². The second-order valence-corrected chi connectivity index (χ2v) is 9.86. The summed E-state index contributed by atoms with van der Waals surface area (Å²) in [5.41, 5.74) is 0.752. The van der Waals surface area contributed by atoms with Crippen LogP contribution in [-0.2, 0) is 9.53 Å². The topological polar surface area (TPSA) is 85.3 Å². The zero-order chi connectivity index (χ0) is 23.7. The number of aliphatic hydroxyl groups is 1. The molecule has 1 N–H and O–H groups in total. The third-order valence-corrected chi connectivity index (χ3v) is 7.90. The minimum atomic E-state index is -0.610. The van der Waals surface area contributed by atoms with Gasteiger partial charge in [-0.05, 0) is 24.3 Å². The molecule has 0 bridgehead atoms. The molecule has 1 fully saturated rings. The van der Waals surface area contributed by atoms with Crippen molar-refractivity contribution in [3.63, 3.8) is 0 Å². The van der Waals surface area contributed by atoms with Gasteiger partial charge in [0.25, 0.3) is 0 Å². The highest BCUT2D eigenvalue weighted by molar-refractivity contribution is 8.04. The molecule has 0 radical (unpaired) electrons. The molecule has 2 aromatic rings. The lowest BCUT2D eigenvalue weighted by Gasteiger charge is -2.45. The van der Waals surface area contributed by atoms with Gasteiger partial charge < -0.3 is 24.2 Å². The van der Waals surface area contributed by atoms with Gasteiger partial charge in [0.2, 0.25) is 11.6 Å². The Balaban J connectivity index is 1.17. The van der Waals surface area contributed by atoms with Crippen molar-refractivity contribution >= 4 is 29.1 Å². The second kappa shape index (κ2) is 9.44. The lowest BCUT2D eigenvalue weighted by atomic mass is 9.90. The van der Waals surface area contributed by atoms with Crippen LogP contribution in [0.4, 0.5) is 0 Å². The summed E-state index contributed by atoms with van der Waals surface area (Å²) in [6, 6.07) is 14.4. The van der Waals surface area contributed by atoms with Crippen molar-refractivity contribution in [3.8, 4) is 11.5 Å². The first-order chi connectivity index (χ1) is 16.5. The molecule has 3 aliphatic rings. The molecule has 8 heteroatoms. The van der Waals surface area contributed by atoms with Gasteiger partial charge in [0, 0.05) is 49.4 Å². The SMILES string of the molecule is COc1ccc(OCC(O)CN2CCC3(CC2)CSC2=C(O3)c3ccccc3C(=O)C2=O)cc1. The standard InChI is InChI=1S/C26H27NO6S/c1-31-18-6-8-19(9-7-18)32-15-17(28)14-27-12-10-26(11-13-27)16-34-25-23(30)22(29)20-4-2-3-5-21(20)24(25)33-26/h2-9,17,28H,10-16H2,1H3. The molecule has 1 aliphatic carbocycles. The molecule has 0 amide bonds. The molecular weight excluding hydrogens is 454 g/mol. The lowest BCUT2D eigenvalue weighted by Crippen LogP contribution is -2.51. The molecular formula is C26H27NO6S. The number of hydrogen-bond acceptors (Lipinski definition) is 8. The summed E-state index contributed by atoms with van der Waals surface area (Å²) in [5.74, 6) is 1.72. The van der Waals surface area contributed by atoms with E-state index in [1.54, 1.807) is 19.2 Å². The minimum Gasteiger partial charge on any atom is -0.497 e. The van der Waals surface area contributed by atoms with E-state index in [-0.39, 0.29) is 12.2 Å². The normalized spacial score (nSPS) is 20.4. The predicted octanol–water partition coefficient (Wildman–Crippen LogP) is 3.17. The molecule has 178 valence electrons. The summed E-state index contributed by atoms with van der Waals surface area (Å²) in [5, 5.41) is 10.5. The fraction of sp³-hybridized carbons (Fsp3) is 0.385. The first kappa shape index (κ1) is 23.0. The van der Waals surface area contributed by atoms with Gasteiger partial charge in [0.15, 0.2) is 0 Å². The molecule has 2 heterocycles. The Hall–Kier alpha value is -2.81. The summed E-state index contributed by atoms with van der Waals surface area (Å²) in [4.78, 5) is 27.7. The summed E-state index contributed by atoms with van der Waals surface area (Å²) in [6.07, 6.45) is 0.960. The number of allylic oxidation sites excluding steroid dienone is 1. The van der Waals surface area contributed by atoms with Crippen LogP contribution in [0.15, 0.2) is 53.4 Å². The number of β-amino-alcohol motifs (C(OH)–C–C–N with tert-alkyl or cyclic N) is 1. The number of fused-ring (bicyclic) bond motifs is 2. The monoisotopic (exact) mass is 481 g/mol. The number of thioether (sulfide) groups is 1. The van der Waals surface area contributed by atoms with Gasteiger partial charge in [-0.15, -0.1) is 11.8 Å². The Morgan fingerprint density at radius 1 is 1.03 bits per heavy atom. The second-order valence-electron chi connectivity index (χ2n) is 8.88. The zero-order valence-corrected chi connectivity index (χ0v) is 19.8. The fourth-order valence-corrected chi connectivity index (χ4v) is 5.88. The van der Waals surface area contributed by atoms with Gasteiger partial charge in [-0.25, -0.2) is 0 Å². The van der Waals surface area contributed by atoms with Gasteiger partial charge in [-0.2, -0.15) is 0 Å². The third kappa shape index (κ3) is 4.45. The highest BCUT2D eigenvalue weighted by Crippen LogP contribution is 2.47. The lowest BCUT2D eigenvalue weighted by molar-refractivity contribution is -0.111. The summed E-state index contributed by atoms with van der Waals surface area (Å²) < 4.78 is 17.3. The molecule has 5 rings (SSSR count). The smallest absolute Gasteiger partial charge is 0.243 e. The number of ether oxygens (including phenoxy) is 3. The van der Waals surface area contributed by atoms with Crippen molar-refractivity contribution in [3.05, 3.63) is 64.6 Å². The van der Waals surface area contributed by atoms with E-state index in [0.717, 1.165) is 31.7 Å². The minimum absolute atomic E-state index is 0.212. The number of ketones is 2. The van der Waals surface area contributed by atoms with E-state index in [9.17, 15) is 14.7 Å². The van der Waals surface area contributed by atoms with Crippen molar-refractivity contribution < 1.29 is 28.9 Å². The number of nitrogens with zero attached hydrogens (tertiary/aromatic N) is 1. The van der Waals surface area contributed by atoms with Crippen molar-refractivity contribution in [2.24, 2.45) is 0 Å². The van der Waals surface area contributed by atoms with Crippen LogP contribution in [0, 0.1) is 0 Å². The Morgan fingerprint density at radius 3 is 2.41 bits per heavy atom. The maximum atomic E-state index is 12.6. The Bertz CT molecular complexity index is 1120. The average Bonchev–Trinajstić information content (AvgIpc) is 2.88. The van der Waals surface area contributed by atoms with E-state index in [0.29, 0.717) is 39.8 Å². The molecule has 0 aromatic heterocycles.